The molecule has 1 heterocycles. The summed E-state index contributed by atoms with van der Waals surface area (Å²) in [6.45, 7) is -0.343. The molecule has 0 bridgehead atoms. The molecule has 0 spiro atoms. The highest BCUT2D eigenvalue weighted by Crippen LogP contribution is 2.21. The number of hydrogen-bond acceptors (Lipinski definition) is 6. The third-order valence-corrected chi connectivity index (χ3v) is 2.83. The van der Waals surface area contributed by atoms with Crippen LogP contribution in [0.4, 0.5) is 14.5 Å². The molecule has 0 atom stereocenters. The van der Waals surface area contributed by atoms with E-state index >= 15 is 0 Å². The summed E-state index contributed by atoms with van der Waals surface area (Å²) >= 11 is 0. The fourth-order valence-corrected chi connectivity index (χ4v) is 1.68. The number of amides is 1. The zero-order valence-electron chi connectivity index (χ0n) is 11.8. The van der Waals surface area contributed by atoms with Gasteiger partial charge in [-0.25, -0.2) is 13.6 Å². The summed E-state index contributed by atoms with van der Waals surface area (Å²) in [5.74, 6) is -4.23. The number of ether oxygens (including phenoxy) is 1. The third kappa shape index (κ3) is 3.64. The topological polar surface area (TPSA) is 101 Å². The average molecular weight is 323 g/mol. The molecule has 2 rings (SSSR count). The second kappa shape index (κ2) is 6.88. The summed E-state index contributed by atoms with van der Waals surface area (Å²) in [4.78, 5) is 23.6. The molecule has 9 heteroatoms. The Morgan fingerprint density at radius 1 is 1.22 bits per heavy atom. The lowest BCUT2D eigenvalue weighted by molar-refractivity contribution is 0.0601. The number of halogens is 2. The van der Waals surface area contributed by atoms with Gasteiger partial charge in [-0.3, -0.25) is 4.79 Å². The first-order valence-electron chi connectivity index (χ1n) is 6.28. The Bertz CT molecular complexity index is 750. The summed E-state index contributed by atoms with van der Waals surface area (Å²) in [6, 6.07) is 3.94. The molecule has 2 N–H and O–H groups in total. The molecule has 0 radical (unpaired) electrons. The van der Waals surface area contributed by atoms with E-state index in [4.69, 9.17) is 5.11 Å². The van der Waals surface area contributed by atoms with Crippen molar-refractivity contribution in [3.05, 3.63) is 52.9 Å². The number of rotatable bonds is 4. The van der Waals surface area contributed by atoms with E-state index < -0.39 is 23.5 Å². The van der Waals surface area contributed by atoms with Crippen molar-refractivity contribution in [1.82, 2.24) is 10.2 Å². The second-order valence-corrected chi connectivity index (χ2v) is 4.33. The molecular formula is C14H11F2N3O4. The maximum atomic E-state index is 13.3. The first-order valence-corrected chi connectivity index (χ1v) is 6.28. The fraction of sp³-hybridized carbons (Fsp3) is 0.143. The minimum absolute atomic E-state index is 0.136. The number of hydrogen-bond donors (Lipinski definition) is 2. The number of carbonyl (C=O) groups excluding carboxylic acids is 2. The molecule has 0 aliphatic heterocycles. The number of nitrogens with zero attached hydrogens (tertiary/aromatic N) is 2. The van der Waals surface area contributed by atoms with Crippen molar-refractivity contribution < 1.29 is 28.2 Å². The summed E-state index contributed by atoms with van der Waals surface area (Å²) in [5.41, 5.74) is -0.499. The van der Waals surface area contributed by atoms with Gasteiger partial charge in [-0.15, -0.1) is 5.10 Å². The second-order valence-electron chi connectivity index (χ2n) is 4.33. The highest BCUT2D eigenvalue weighted by molar-refractivity contribution is 6.07. The lowest BCUT2D eigenvalue weighted by Gasteiger charge is -2.10. The maximum absolute atomic E-state index is 13.3. The van der Waals surface area contributed by atoms with Crippen molar-refractivity contribution in [3.8, 4) is 0 Å². The fourth-order valence-electron chi connectivity index (χ4n) is 1.68. The van der Waals surface area contributed by atoms with Gasteiger partial charge in [0.2, 0.25) is 0 Å². The highest BCUT2D eigenvalue weighted by atomic mass is 19.2. The van der Waals surface area contributed by atoms with Crippen LogP contribution in [0.1, 0.15) is 26.5 Å². The van der Waals surface area contributed by atoms with E-state index in [0.717, 1.165) is 7.11 Å². The first kappa shape index (κ1) is 16.4. The largest absolute Gasteiger partial charge is 0.465 e. The minimum Gasteiger partial charge on any atom is -0.465 e. The van der Waals surface area contributed by atoms with Crippen molar-refractivity contribution in [2.45, 2.75) is 6.61 Å². The standard InChI is InChI=1S/C14H11F2N3O4/c1-23-14(22)8-4-9(15)10(16)5-12(8)17-13(21)11-3-2-7(6-20)18-19-11/h2-5,20H,6H2,1H3,(H,17,21). The van der Waals surface area contributed by atoms with Gasteiger partial charge in [0.1, 0.15) is 0 Å². The van der Waals surface area contributed by atoms with E-state index in [9.17, 15) is 18.4 Å². The van der Waals surface area contributed by atoms with Crippen LogP contribution in [0.3, 0.4) is 0 Å². The molecule has 120 valence electrons. The molecular weight excluding hydrogens is 312 g/mol. The predicted molar refractivity (Wildman–Crippen MR) is 73.6 cm³/mol. The van der Waals surface area contributed by atoms with E-state index in [1.165, 1.54) is 12.1 Å². The summed E-state index contributed by atoms with van der Waals surface area (Å²) in [5, 5.41) is 18.2. The number of anilines is 1. The zero-order chi connectivity index (χ0) is 17.0. The van der Waals surface area contributed by atoms with E-state index in [1.807, 2.05) is 0 Å². The number of esters is 1. The van der Waals surface area contributed by atoms with E-state index in [2.05, 4.69) is 20.3 Å². The third-order valence-electron chi connectivity index (χ3n) is 2.83. The number of methoxy groups -OCH3 is 1. The van der Waals surface area contributed by atoms with E-state index in [1.54, 1.807) is 0 Å². The summed E-state index contributed by atoms with van der Waals surface area (Å²) in [6.07, 6.45) is 0. The Labute approximate surface area is 128 Å². The Kier molecular flexibility index (Phi) is 4.91. The molecule has 1 aromatic heterocycles. The minimum atomic E-state index is -1.25. The van der Waals surface area contributed by atoms with Gasteiger partial charge < -0.3 is 15.2 Å². The Morgan fingerprint density at radius 2 is 1.91 bits per heavy atom. The molecule has 0 saturated carbocycles. The Morgan fingerprint density at radius 3 is 2.48 bits per heavy atom. The van der Waals surface area contributed by atoms with E-state index in [-0.39, 0.29) is 29.2 Å². The van der Waals surface area contributed by atoms with Crippen molar-refractivity contribution >= 4 is 17.6 Å². The molecule has 0 saturated heterocycles. The first-order chi connectivity index (χ1) is 11.0. The number of aliphatic hydroxyl groups excluding tert-OH is 1. The molecule has 2 aromatic rings. The van der Waals surface area contributed by atoms with Gasteiger partial charge in [-0.1, -0.05) is 0 Å². The maximum Gasteiger partial charge on any atom is 0.340 e. The quantitative estimate of drug-likeness (QED) is 0.822. The van der Waals surface area contributed by atoms with Gasteiger partial charge in [-0.2, -0.15) is 5.10 Å². The lowest BCUT2D eigenvalue weighted by atomic mass is 10.1. The molecule has 23 heavy (non-hydrogen) atoms. The molecule has 1 amide bonds. The predicted octanol–water partition coefficient (Wildman–Crippen LogP) is 1.29. The molecule has 0 fully saturated rings. The molecule has 7 nitrogen and oxygen atoms in total. The number of aliphatic hydroxyl groups is 1. The van der Waals surface area contributed by atoms with Crippen molar-refractivity contribution in [1.29, 1.82) is 0 Å². The van der Waals surface area contributed by atoms with Gasteiger partial charge in [-0.05, 0) is 18.2 Å². The van der Waals surface area contributed by atoms with Gasteiger partial charge in [0.05, 0.1) is 30.7 Å². The van der Waals surface area contributed by atoms with Crippen LogP contribution in [-0.4, -0.2) is 34.3 Å². The normalized spacial score (nSPS) is 10.3. The number of benzene rings is 1. The van der Waals surface area contributed by atoms with Crippen molar-refractivity contribution in [2.24, 2.45) is 0 Å². The molecule has 0 unspecified atom stereocenters. The SMILES string of the molecule is COC(=O)c1cc(F)c(F)cc1NC(=O)c1ccc(CO)nn1. The zero-order valence-corrected chi connectivity index (χ0v) is 11.8. The lowest BCUT2D eigenvalue weighted by Crippen LogP contribution is -2.18. The van der Waals surface area contributed by atoms with Crippen LogP contribution in [-0.2, 0) is 11.3 Å². The average Bonchev–Trinajstić information content (AvgIpc) is 2.57. The van der Waals surface area contributed by atoms with Crippen LogP contribution in [0.15, 0.2) is 24.3 Å². The van der Waals surface area contributed by atoms with Gasteiger partial charge in [0.15, 0.2) is 17.3 Å². The van der Waals surface area contributed by atoms with Crippen LogP contribution in [0.25, 0.3) is 0 Å². The number of carbonyl (C=O) groups is 2. The van der Waals surface area contributed by atoms with Crippen LogP contribution in [0.5, 0.6) is 0 Å². The Hall–Kier alpha value is -2.94. The van der Waals surface area contributed by atoms with Crippen molar-refractivity contribution in [3.63, 3.8) is 0 Å². The smallest absolute Gasteiger partial charge is 0.340 e. The van der Waals surface area contributed by atoms with Gasteiger partial charge in [0.25, 0.3) is 5.91 Å². The van der Waals surface area contributed by atoms with Crippen LogP contribution in [0, 0.1) is 11.6 Å². The van der Waals surface area contributed by atoms with Crippen LogP contribution < -0.4 is 5.32 Å². The van der Waals surface area contributed by atoms with Crippen LogP contribution in [0.2, 0.25) is 0 Å². The van der Waals surface area contributed by atoms with E-state index in [0.29, 0.717) is 12.1 Å². The van der Waals surface area contributed by atoms with Gasteiger partial charge >= 0.3 is 5.97 Å². The van der Waals surface area contributed by atoms with Crippen molar-refractivity contribution in [2.75, 3.05) is 12.4 Å². The Balaban J connectivity index is 2.32. The van der Waals surface area contributed by atoms with Crippen LogP contribution >= 0.6 is 0 Å². The number of nitrogens with one attached hydrogen (secondary N) is 1. The summed E-state index contributed by atoms with van der Waals surface area (Å²) in [7, 11) is 1.06. The monoisotopic (exact) mass is 323 g/mol. The van der Waals surface area contributed by atoms with Gasteiger partial charge in [0, 0.05) is 6.07 Å². The number of aromatic nitrogens is 2. The summed E-state index contributed by atoms with van der Waals surface area (Å²) < 4.78 is 31.1. The highest BCUT2D eigenvalue weighted by Gasteiger charge is 2.19. The molecule has 1 aromatic carbocycles. The molecule has 0 aliphatic rings. The molecule has 0 aliphatic carbocycles.